The van der Waals surface area contributed by atoms with Crippen LogP contribution < -0.4 is 5.32 Å². The van der Waals surface area contributed by atoms with Crippen molar-refractivity contribution in [1.82, 2.24) is 14.7 Å². The maximum absolute atomic E-state index is 13.1. The van der Waals surface area contributed by atoms with Crippen LogP contribution in [0.3, 0.4) is 0 Å². The summed E-state index contributed by atoms with van der Waals surface area (Å²) in [7, 11) is 0. The van der Waals surface area contributed by atoms with E-state index < -0.39 is 11.9 Å². The van der Waals surface area contributed by atoms with Crippen LogP contribution in [0, 0.1) is 23.2 Å². The molecule has 0 aliphatic heterocycles. The molecule has 6 rings (SSSR count). The Bertz CT molecular complexity index is 928. The summed E-state index contributed by atoms with van der Waals surface area (Å²) in [5.41, 5.74) is 1.92. The van der Waals surface area contributed by atoms with Crippen molar-refractivity contribution < 1.29 is 14.7 Å². The van der Waals surface area contributed by atoms with Crippen molar-refractivity contribution in [1.29, 1.82) is 0 Å². The van der Waals surface area contributed by atoms with Crippen LogP contribution in [0.1, 0.15) is 74.0 Å². The van der Waals surface area contributed by atoms with Gasteiger partial charge in [-0.3, -0.25) is 14.0 Å². The summed E-state index contributed by atoms with van der Waals surface area (Å²) < 4.78 is 1.73. The first kappa shape index (κ1) is 18.6. The normalized spacial score (nSPS) is 31.1. The van der Waals surface area contributed by atoms with Gasteiger partial charge in [-0.15, -0.1) is 0 Å². The number of aliphatic carboxylic acids is 1. The van der Waals surface area contributed by atoms with Crippen molar-refractivity contribution in [3.8, 4) is 0 Å². The lowest BCUT2D eigenvalue weighted by atomic mass is 9.49. The Morgan fingerprint density at radius 1 is 1.21 bits per heavy atom. The number of aromatic nitrogens is 2. The topological polar surface area (TPSA) is 83.7 Å². The molecular weight excluding hydrogens is 366 g/mol. The number of carboxylic acid groups (broad SMARTS) is 1. The van der Waals surface area contributed by atoms with E-state index in [1.807, 2.05) is 19.1 Å². The van der Waals surface area contributed by atoms with Gasteiger partial charge < -0.3 is 10.4 Å². The number of hydrogen-bond donors (Lipinski definition) is 2. The third-order valence-electron chi connectivity index (χ3n) is 7.60. The van der Waals surface area contributed by atoms with E-state index in [-0.39, 0.29) is 11.3 Å². The standard InChI is InChI=1S/C23H29N3O3/c1-2-17(22(28)29)18-12-26-19(4-3-5-20(26)25-18)21(27)24-13-23-9-14-6-15(10-23)8-16(7-14)11-23/h3-5,12,14-17H,2,6-11,13H2,1H3,(H,24,27)(H,28,29). The Morgan fingerprint density at radius 2 is 1.86 bits per heavy atom. The largest absolute Gasteiger partial charge is 0.481 e. The van der Waals surface area contributed by atoms with Crippen molar-refractivity contribution in [2.24, 2.45) is 23.2 Å². The molecule has 1 amide bonds. The SMILES string of the molecule is CCC(C(=O)O)c1cn2c(C(=O)NCC34CC5CC(CC(C5)C3)C4)cccc2n1. The zero-order chi connectivity index (χ0) is 20.2. The third kappa shape index (κ3) is 3.22. The van der Waals surface area contributed by atoms with Crippen LogP contribution in [0.15, 0.2) is 24.4 Å². The minimum atomic E-state index is -0.885. The molecule has 29 heavy (non-hydrogen) atoms. The molecule has 4 fully saturated rings. The molecule has 4 bridgehead atoms. The molecule has 6 heteroatoms. The molecule has 0 spiro atoms. The van der Waals surface area contributed by atoms with Crippen LogP contribution in [0.2, 0.25) is 0 Å². The minimum absolute atomic E-state index is 0.0985. The molecule has 154 valence electrons. The Morgan fingerprint density at radius 3 is 2.45 bits per heavy atom. The van der Waals surface area contributed by atoms with Gasteiger partial charge in [0.1, 0.15) is 17.3 Å². The number of nitrogens with zero attached hydrogens (tertiary/aromatic N) is 2. The Kier molecular flexibility index (Phi) is 4.41. The Balaban J connectivity index is 1.36. The fourth-order valence-electron chi connectivity index (χ4n) is 6.76. The van der Waals surface area contributed by atoms with Gasteiger partial charge in [0.2, 0.25) is 0 Å². The van der Waals surface area contributed by atoms with Crippen LogP contribution in [0.4, 0.5) is 0 Å². The summed E-state index contributed by atoms with van der Waals surface area (Å²) in [4.78, 5) is 29.0. The van der Waals surface area contributed by atoms with E-state index in [0.717, 1.165) is 24.3 Å². The molecule has 4 aliphatic rings. The second kappa shape index (κ2) is 6.85. The highest BCUT2D eigenvalue weighted by Gasteiger charge is 2.50. The first-order valence-corrected chi connectivity index (χ1v) is 11.0. The predicted octanol–water partition coefficient (Wildman–Crippen LogP) is 3.86. The first-order valence-electron chi connectivity index (χ1n) is 11.0. The summed E-state index contributed by atoms with van der Waals surface area (Å²) in [6.45, 7) is 2.59. The van der Waals surface area contributed by atoms with Crippen LogP contribution in [-0.2, 0) is 4.79 Å². The highest BCUT2D eigenvalue weighted by molar-refractivity contribution is 5.93. The van der Waals surface area contributed by atoms with Crippen LogP contribution in [0.25, 0.3) is 5.65 Å². The molecule has 4 aliphatic carbocycles. The Hall–Kier alpha value is -2.37. The molecular formula is C23H29N3O3. The van der Waals surface area contributed by atoms with Crippen LogP contribution in [0.5, 0.6) is 0 Å². The van der Waals surface area contributed by atoms with E-state index in [4.69, 9.17) is 0 Å². The van der Waals surface area contributed by atoms with Gasteiger partial charge in [0.25, 0.3) is 5.91 Å². The van der Waals surface area contributed by atoms with Crippen LogP contribution >= 0.6 is 0 Å². The first-order chi connectivity index (χ1) is 14.0. The summed E-state index contributed by atoms with van der Waals surface area (Å²) in [5.74, 6) is 0.944. The van der Waals surface area contributed by atoms with Crippen molar-refractivity contribution >= 4 is 17.5 Å². The molecule has 2 aromatic heterocycles. The highest BCUT2D eigenvalue weighted by Crippen LogP contribution is 2.59. The number of amides is 1. The van der Waals surface area contributed by atoms with Gasteiger partial charge in [0.05, 0.1) is 5.69 Å². The van der Waals surface area contributed by atoms with Crippen molar-refractivity contribution in [2.45, 2.75) is 57.8 Å². The Labute approximate surface area is 170 Å². The van der Waals surface area contributed by atoms with Gasteiger partial charge >= 0.3 is 5.97 Å². The van der Waals surface area contributed by atoms with Gasteiger partial charge in [-0.05, 0) is 80.2 Å². The van der Waals surface area contributed by atoms with E-state index in [2.05, 4.69) is 10.3 Å². The molecule has 6 nitrogen and oxygen atoms in total. The van der Waals surface area contributed by atoms with Crippen molar-refractivity contribution in [3.63, 3.8) is 0 Å². The second-order valence-corrected chi connectivity index (χ2v) is 9.70. The third-order valence-corrected chi connectivity index (χ3v) is 7.60. The summed E-state index contributed by atoms with van der Waals surface area (Å²) in [6, 6.07) is 5.41. The summed E-state index contributed by atoms with van der Waals surface area (Å²) >= 11 is 0. The zero-order valence-electron chi connectivity index (χ0n) is 16.9. The number of nitrogens with one attached hydrogen (secondary N) is 1. The maximum atomic E-state index is 13.1. The maximum Gasteiger partial charge on any atom is 0.312 e. The molecule has 0 aromatic carbocycles. The van der Waals surface area contributed by atoms with Gasteiger partial charge in [-0.2, -0.15) is 0 Å². The van der Waals surface area contributed by atoms with Crippen molar-refractivity contribution in [2.75, 3.05) is 6.54 Å². The van der Waals surface area contributed by atoms with Crippen LogP contribution in [-0.4, -0.2) is 32.9 Å². The van der Waals surface area contributed by atoms with E-state index >= 15 is 0 Å². The average molecular weight is 396 g/mol. The van der Waals surface area contributed by atoms with Gasteiger partial charge in [-0.1, -0.05) is 13.0 Å². The highest BCUT2D eigenvalue weighted by atomic mass is 16.4. The molecule has 2 heterocycles. The number of carbonyl (C=O) groups excluding carboxylic acids is 1. The smallest absolute Gasteiger partial charge is 0.312 e. The van der Waals surface area contributed by atoms with Gasteiger partial charge in [-0.25, -0.2) is 4.98 Å². The van der Waals surface area contributed by atoms with Gasteiger partial charge in [0, 0.05) is 12.7 Å². The molecule has 1 atom stereocenters. The lowest BCUT2D eigenvalue weighted by Crippen LogP contribution is -2.51. The van der Waals surface area contributed by atoms with Crippen molar-refractivity contribution in [3.05, 3.63) is 35.8 Å². The monoisotopic (exact) mass is 395 g/mol. The van der Waals surface area contributed by atoms with Gasteiger partial charge in [0.15, 0.2) is 0 Å². The minimum Gasteiger partial charge on any atom is -0.481 e. The molecule has 2 aromatic rings. The lowest BCUT2D eigenvalue weighted by Gasteiger charge is -2.56. The molecule has 0 radical (unpaired) electrons. The lowest BCUT2D eigenvalue weighted by molar-refractivity contribution is -0.138. The average Bonchev–Trinajstić information content (AvgIpc) is 3.09. The number of carbonyl (C=O) groups is 2. The van der Waals surface area contributed by atoms with E-state index in [1.165, 1.54) is 38.5 Å². The number of rotatable bonds is 6. The quantitative estimate of drug-likeness (QED) is 0.778. The number of imidazole rings is 1. The fraction of sp³-hybridized carbons (Fsp3) is 0.609. The van der Waals surface area contributed by atoms with E-state index in [9.17, 15) is 14.7 Å². The summed E-state index contributed by atoms with van der Waals surface area (Å²) in [5, 5.41) is 12.7. The molecule has 2 N–H and O–H groups in total. The second-order valence-electron chi connectivity index (χ2n) is 9.70. The van der Waals surface area contributed by atoms with E-state index in [1.54, 1.807) is 16.7 Å². The zero-order valence-corrected chi connectivity index (χ0v) is 16.9. The molecule has 0 saturated heterocycles. The summed E-state index contributed by atoms with van der Waals surface area (Å²) in [6.07, 6.45) is 10.1. The number of hydrogen-bond acceptors (Lipinski definition) is 3. The number of pyridine rings is 1. The fourth-order valence-corrected chi connectivity index (χ4v) is 6.76. The number of fused-ring (bicyclic) bond motifs is 1. The molecule has 4 saturated carbocycles. The number of carboxylic acids is 1. The molecule has 1 unspecified atom stereocenters. The predicted molar refractivity (Wildman–Crippen MR) is 109 cm³/mol. The van der Waals surface area contributed by atoms with E-state index in [0.29, 0.717) is 23.5 Å².